The second-order valence-electron chi connectivity index (χ2n) is 3.60. The Labute approximate surface area is 98.7 Å². The van der Waals surface area contributed by atoms with E-state index in [0.29, 0.717) is 22.6 Å². The zero-order chi connectivity index (χ0) is 12.7. The van der Waals surface area contributed by atoms with Crippen LogP contribution < -0.4 is 0 Å². The lowest BCUT2D eigenvalue weighted by atomic mass is 10.2. The minimum Gasteiger partial charge on any atom is -0.478 e. The first-order valence-corrected chi connectivity index (χ1v) is 4.94. The van der Waals surface area contributed by atoms with Gasteiger partial charge in [0.05, 0.1) is 22.8 Å². The van der Waals surface area contributed by atoms with Gasteiger partial charge < -0.3 is 10.1 Å². The molecular formula is C10H6FN5O2. The van der Waals surface area contributed by atoms with Gasteiger partial charge in [0.1, 0.15) is 11.5 Å². The van der Waals surface area contributed by atoms with Crippen LogP contribution in [0, 0.1) is 5.82 Å². The van der Waals surface area contributed by atoms with Crippen molar-refractivity contribution in [1.29, 1.82) is 0 Å². The maximum absolute atomic E-state index is 13.5. The summed E-state index contributed by atoms with van der Waals surface area (Å²) < 4.78 is 13.5. The average molecular weight is 247 g/mol. The van der Waals surface area contributed by atoms with E-state index in [1.807, 2.05) is 0 Å². The van der Waals surface area contributed by atoms with Crippen LogP contribution in [0.15, 0.2) is 18.3 Å². The third kappa shape index (κ3) is 1.51. The fourth-order valence-electron chi connectivity index (χ4n) is 1.63. The van der Waals surface area contributed by atoms with Crippen LogP contribution in [-0.4, -0.2) is 36.5 Å². The van der Waals surface area contributed by atoms with E-state index in [2.05, 4.69) is 25.4 Å². The zero-order valence-corrected chi connectivity index (χ0v) is 8.81. The SMILES string of the molecule is O=C(O)c1cc2nc(-c3cn[nH]n3)[nH]c2cc1F. The first-order valence-electron chi connectivity index (χ1n) is 4.94. The summed E-state index contributed by atoms with van der Waals surface area (Å²) in [6.07, 6.45) is 1.45. The molecular weight excluding hydrogens is 241 g/mol. The number of nitrogens with one attached hydrogen (secondary N) is 2. The molecule has 2 aromatic heterocycles. The summed E-state index contributed by atoms with van der Waals surface area (Å²) in [4.78, 5) is 17.8. The van der Waals surface area contributed by atoms with E-state index in [1.54, 1.807) is 0 Å². The van der Waals surface area contributed by atoms with Gasteiger partial charge >= 0.3 is 5.97 Å². The molecule has 0 radical (unpaired) electrons. The first kappa shape index (κ1) is 10.4. The van der Waals surface area contributed by atoms with Gasteiger partial charge in [0, 0.05) is 6.07 Å². The predicted octanol–water partition coefficient (Wildman–Crippen LogP) is 1.19. The number of rotatable bonds is 2. The van der Waals surface area contributed by atoms with E-state index in [-0.39, 0.29) is 0 Å². The highest BCUT2D eigenvalue weighted by atomic mass is 19.1. The standard InChI is InChI=1S/C10H6FN5O2/c11-5-2-7-6(1-4(5)10(17)18)13-9(14-7)8-3-12-16-15-8/h1-3H,(H,13,14)(H,17,18)(H,12,15,16). The van der Waals surface area contributed by atoms with Gasteiger partial charge in [0.2, 0.25) is 0 Å². The number of aromatic carboxylic acids is 1. The third-order valence-electron chi connectivity index (χ3n) is 2.46. The van der Waals surface area contributed by atoms with Gasteiger partial charge in [-0.1, -0.05) is 0 Å². The molecule has 3 N–H and O–H groups in total. The van der Waals surface area contributed by atoms with Crippen molar-refractivity contribution >= 4 is 17.0 Å². The van der Waals surface area contributed by atoms with Crippen LogP contribution in [0.2, 0.25) is 0 Å². The van der Waals surface area contributed by atoms with Gasteiger partial charge in [-0.25, -0.2) is 14.2 Å². The fourth-order valence-corrected chi connectivity index (χ4v) is 1.63. The van der Waals surface area contributed by atoms with Crippen LogP contribution in [0.1, 0.15) is 10.4 Å². The number of carboxylic acids is 1. The number of carbonyl (C=O) groups is 1. The predicted molar refractivity (Wildman–Crippen MR) is 58.4 cm³/mol. The maximum atomic E-state index is 13.5. The molecule has 90 valence electrons. The van der Waals surface area contributed by atoms with Crippen molar-refractivity contribution < 1.29 is 14.3 Å². The Morgan fingerprint density at radius 2 is 2.22 bits per heavy atom. The molecule has 0 amide bonds. The summed E-state index contributed by atoms with van der Waals surface area (Å²) in [6, 6.07) is 2.27. The van der Waals surface area contributed by atoms with Crippen LogP contribution in [-0.2, 0) is 0 Å². The number of fused-ring (bicyclic) bond motifs is 1. The Balaban J connectivity index is 2.21. The molecule has 0 atom stereocenters. The molecule has 1 aromatic carbocycles. The number of halogens is 1. The highest BCUT2D eigenvalue weighted by Gasteiger charge is 2.15. The van der Waals surface area contributed by atoms with Gasteiger partial charge in [-0.15, -0.1) is 0 Å². The second kappa shape index (κ2) is 3.62. The van der Waals surface area contributed by atoms with Gasteiger partial charge in [0.25, 0.3) is 0 Å². The topological polar surface area (TPSA) is 108 Å². The minimum atomic E-state index is -1.33. The molecule has 18 heavy (non-hydrogen) atoms. The van der Waals surface area contributed by atoms with Gasteiger partial charge in [-0.3, -0.25) is 0 Å². The lowest BCUT2D eigenvalue weighted by molar-refractivity contribution is 0.0692. The first-order chi connectivity index (χ1) is 8.65. The Hall–Kier alpha value is -2.77. The molecule has 0 aliphatic carbocycles. The van der Waals surface area contributed by atoms with Crippen LogP contribution in [0.5, 0.6) is 0 Å². The Kier molecular flexibility index (Phi) is 2.09. The van der Waals surface area contributed by atoms with Crippen molar-refractivity contribution in [1.82, 2.24) is 25.4 Å². The molecule has 0 aliphatic rings. The summed E-state index contributed by atoms with van der Waals surface area (Å²) in [5, 5.41) is 18.7. The number of imidazole rings is 1. The van der Waals surface area contributed by atoms with E-state index < -0.39 is 17.3 Å². The van der Waals surface area contributed by atoms with Gasteiger partial charge in [-0.05, 0) is 6.07 Å². The molecule has 0 spiro atoms. The van der Waals surface area contributed by atoms with Crippen molar-refractivity contribution in [3.63, 3.8) is 0 Å². The molecule has 0 bridgehead atoms. The highest BCUT2D eigenvalue weighted by molar-refractivity contribution is 5.93. The highest BCUT2D eigenvalue weighted by Crippen LogP contribution is 2.21. The van der Waals surface area contributed by atoms with Crippen molar-refractivity contribution in [2.75, 3.05) is 0 Å². The minimum absolute atomic E-state index is 0.354. The lowest BCUT2D eigenvalue weighted by Crippen LogP contribution is -1.99. The van der Waals surface area contributed by atoms with Crippen LogP contribution in [0.3, 0.4) is 0 Å². The quantitative estimate of drug-likeness (QED) is 0.630. The molecule has 2 heterocycles. The summed E-state index contributed by atoms with van der Waals surface area (Å²) in [7, 11) is 0. The van der Waals surface area contributed by atoms with Crippen molar-refractivity contribution in [3.05, 3.63) is 29.7 Å². The van der Waals surface area contributed by atoms with Gasteiger partial charge in [-0.2, -0.15) is 15.4 Å². The Morgan fingerprint density at radius 3 is 2.89 bits per heavy atom. The molecule has 3 rings (SSSR count). The van der Waals surface area contributed by atoms with E-state index in [4.69, 9.17) is 5.11 Å². The van der Waals surface area contributed by atoms with Crippen LogP contribution >= 0.6 is 0 Å². The van der Waals surface area contributed by atoms with E-state index in [1.165, 1.54) is 12.3 Å². The Bertz CT molecular complexity index is 734. The van der Waals surface area contributed by atoms with Crippen molar-refractivity contribution in [2.45, 2.75) is 0 Å². The number of benzene rings is 1. The zero-order valence-electron chi connectivity index (χ0n) is 8.81. The number of H-pyrrole nitrogens is 2. The smallest absolute Gasteiger partial charge is 0.338 e. The van der Waals surface area contributed by atoms with Crippen LogP contribution in [0.25, 0.3) is 22.6 Å². The number of nitrogens with zero attached hydrogens (tertiary/aromatic N) is 3. The third-order valence-corrected chi connectivity index (χ3v) is 2.46. The lowest BCUT2D eigenvalue weighted by Gasteiger charge is -1.95. The molecule has 8 heteroatoms. The summed E-state index contributed by atoms with van der Waals surface area (Å²) >= 11 is 0. The normalized spacial score (nSPS) is 10.9. The summed E-state index contributed by atoms with van der Waals surface area (Å²) in [5.74, 6) is -1.76. The molecule has 0 saturated heterocycles. The molecule has 0 unspecified atom stereocenters. The summed E-state index contributed by atoms with van der Waals surface area (Å²) in [5.41, 5.74) is 0.798. The summed E-state index contributed by atoms with van der Waals surface area (Å²) in [6.45, 7) is 0. The average Bonchev–Trinajstić information content (AvgIpc) is 2.95. The molecule has 0 aliphatic heterocycles. The number of hydrogen-bond acceptors (Lipinski definition) is 4. The van der Waals surface area contributed by atoms with E-state index in [9.17, 15) is 9.18 Å². The van der Waals surface area contributed by atoms with Crippen molar-refractivity contribution in [2.24, 2.45) is 0 Å². The molecule has 3 aromatic rings. The van der Waals surface area contributed by atoms with E-state index >= 15 is 0 Å². The van der Waals surface area contributed by atoms with Crippen LogP contribution in [0.4, 0.5) is 4.39 Å². The number of aromatic amines is 2. The monoisotopic (exact) mass is 247 g/mol. The number of aromatic nitrogens is 5. The maximum Gasteiger partial charge on any atom is 0.338 e. The molecule has 0 fully saturated rings. The van der Waals surface area contributed by atoms with Gasteiger partial charge in [0.15, 0.2) is 5.82 Å². The molecule has 7 nitrogen and oxygen atoms in total. The van der Waals surface area contributed by atoms with Crippen molar-refractivity contribution in [3.8, 4) is 11.5 Å². The second-order valence-corrected chi connectivity index (χ2v) is 3.60. The Morgan fingerprint density at radius 1 is 1.39 bits per heavy atom. The number of carboxylic acid groups (broad SMARTS) is 1. The number of hydrogen-bond donors (Lipinski definition) is 3. The fraction of sp³-hybridized carbons (Fsp3) is 0. The molecule has 0 saturated carbocycles. The largest absolute Gasteiger partial charge is 0.478 e. The van der Waals surface area contributed by atoms with E-state index in [0.717, 1.165) is 6.07 Å².